The van der Waals surface area contributed by atoms with Crippen LogP contribution in [0.1, 0.15) is 0 Å². The van der Waals surface area contributed by atoms with Gasteiger partial charge in [-0.25, -0.2) is 4.98 Å². The first-order valence-corrected chi connectivity index (χ1v) is 4.57. The van der Waals surface area contributed by atoms with Crippen LogP contribution in [0.25, 0.3) is 0 Å². The van der Waals surface area contributed by atoms with Gasteiger partial charge in [0.1, 0.15) is 11.2 Å². The Balaban J connectivity index is 2.47. The second kappa shape index (κ2) is 2.94. The standard InChI is InChI=1S/C8H9BrN2O/c1-11-4-5-12-6-2-3-7(9)10-8(6)11/h2-3H,4-5H2,1H3. The molecule has 0 saturated heterocycles. The number of ether oxygens (including phenoxy) is 1. The highest BCUT2D eigenvalue weighted by Gasteiger charge is 2.15. The Morgan fingerprint density at radius 2 is 2.42 bits per heavy atom. The third kappa shape index (κ3) is 1.27. The van der Waals surface area contributed by atoms with E-state index in [0.717, 1.165) is 29.3 Å². The largest absolute Gasteiger partial charge is 0.488 e. The van der Waals surface area contributed by atoms with Crippen LogP contribution in [0.4, 0.5) is 5.82 Å². The third-order valence-corrected chi connectivity index (χ3v) is 2.29. The van der Waals surface area contributed by atoms with Crippen LogP contribution in [0.3, 0.4) is 0 Å². The van der Waals surface area contributed by atoms with Crippen molar-refractivity contribution < 1.29 is 4.74 Å². The summed E-state index contributed by atoms with van der Waals surface area (Å²) in [7, 11) is 2.01. The average Bonchev–Trinajstić information content (AvgIpc) is 2.07. The summed E-state index contributed by atoms with van der Waals surface area (Å²) in [5.41, 5.74) is 0. The molecule has 1 aliphatic heterocycles. The highest BCUT2D eigenvalue weighted by molar-refractivity contribution is 9.10. The number of anilines is 1. The molecule has 2 heterocycles. The number of fused-ring (bicyclic) bond motifs is 1. The van der Waals surface area contributed by atoms with E-state index in [1.54, 1.807) is 0 Å². The van der Waals surface area contributed by atoms with Crippen molar-refractivity contribution in [2.24, 2.45) is 0 Å². The van der Waals surface area contributed by atoms with Gasteiger partial charge >= 0.3 is 0 Å². The normalized spacial score (nSPS) is 15.3. The first kappa shape index (κ1) is 7.86. The average molecular weight is 229 g/mol. The molecule has 0 radical (unpaired) electrons. The van der Waals surface area contributed by atoms with Crippen LogP contribution in [-0.2, 0) is 0 Å². The predicted octanol–water partition coefficient (Wildman–Crippen LogP) is 1.67. The maximum Gasteiger partial charge on any atom is 0.172 e. The second-order valence-corrected chi connectivity index (χ2v) is 3.54. The molecule has 0 atom stereocenters. The molecule has 0 aliphatic carbocycles. The molecular weight excluding hydrogens is 220 g/mol. The number of likely N-dealkylation sites (N-methyl/N-ethyl adjacent to an activating group) is 1. The highest BCUT2D eigenvalue weighted by atomic mass is 79.9. The zero-order valence-electron chi connectivity index (χ0n) is 6.75. The van der Waals surface area contributed by atoms with Crippen LogP contribution in [0, 0.1) is 0 Å². The van der Waals surface area contributed by atoms with Crippen LogP contribution in [0.2, 0.25) is 0 Å². The lowest BCUT2D eigenvalue weighted by molar-refractivity contribution is 0.309. The van der Waals surface area contributed by atoms with E-state index < -0.39 is 0 Å². The third-order valence-electron chi connectivity index (χ3n) is 1.85. The summed E-state index contributed by atoms with van der Waals surface area (Å²) >= 11 is 3.32. The molecule has 0 spiro atoms. The van der Waals surface area contributed by atoms with Gasteiger partial charge in [0.25, 0.3) is 0 Å². The lowest BCUT2D eigenvalue weighted by Crippen LogP contribution is -2.29. The topological polar surface area (TPSA) is 25.4 Å². The van der Waals surface area contributed by atoms with Gasteiger partial charge in [0.15, 0.2) is 11.6 Å². The molecule has 64 valence electrons. The van der Waals surface area contributed by atoms with Crippen molar-refractivity contribution in [3.05, 3.63) is 16.7 Å². The van der Waals surface area contributed by atoms with Gasteiger partial charge in [-0.3, -0.25) is 0 Å². The molecule has 0 amide bonds. The van der Waals surface area contributed by atoms with Gasteiger partial charge in [-0.2, -0.15) is 0 Å². The summed E-state index contributed by atoms with van der Waals surface area (Å²) in [6.45, 7) is 1.64. The summed E-state index contributed by atoms with van der Waals surface area (Å²) in [5, 5.41) is 0. The van der Waals surface area contributed by atoms with Gasteiger partial charge in [-0.15, -0.1) is 0 Å². The predicted molar refractivity (Wildman–Crippen MR) is 50.7 cm³/mol. The summed E-state index contributed by atoms with van der Waals surface area (Å²) in [4.78, 5) is 6.40. The van der Waals surface area contributed by atoms with E-state index in [1.165, 1.54) is 0 Å². The van der Waals surface area contributed by atoms with Crippen molar-refractivity contribution in [3.8, 4) is 5.75 Å². The Morgan fingerprint density at radius 1 is 1.58 bits per heavy atom. The Hall–Kier alpha value is -0.770. The van der Waals surface area contributed by atoms with Gasteiger partial charge in [0.05, 0.1) is 6.54 Å². The highest BCUT2D eigenvalue weighted by Crippen LogP contribution is 2.29. The van der Waals surface area contributed by atoms with Gasteiger partial charge < -0.3 is 9.64 Å². The van der Waals surface area contributed by atoms with Crippen molar-refractivity contribution in [2.45, 2.75) is 0 Å². The zero-order chi connectivity index (χ0) is 8.55. The van der Waals surface area contributed by atoms with Crippen molar-refractivity contribution in [1.29, 1.82) is 0 Å². The zero-order valence-corrected chi connectivity index (χ0v) is 8.34. The number of nitrogens with zero attached hydrogens (tertiary/aromatic N) is 2. The first-order valence-electron chi connectivity index (χ1n) is 3.78. The van der Waals surface area contributed by atoms with E-state index in [4.69, 9.17) is 4.74 Å². The molecule has 0 N–H and O–H groups in total. The molecule has 1 aromatic heterocycles. The van der Waals surface area contributed by atoms with Crippen LogP contribution in [0.15, 0.2) is 16.7 Å². The lowest BCUT2D eigenvalue weighted by atomic mass is 10.3. The molecule has 0 saturated carbocycles. The number of halogens is 1. The fraction of sp³-hybridized carbons (Fsp3) is 0.375. The number of aromatic nitrogens is 1. The number of pyridine rings is 1. The van der Waals surface area contributed by atoms with Crippen LogP contribution in [-0.4, -0.2) is 25.2 Å². The van der Waals surface area contributed by atoms with Crippen molar-refractivity contribution in [1.82, 2.24) is 4.98 Å². The molecule has 3 nitrogen and oxygen atoms in total. The van der Waals surface area contributed by atoms with Crippen molar-refractivity contribution in [2.75, 3.05) is 25.1 Å². The van der Waals surface area contributed by atoms with Crippen molar-refractivity contribution in [3.63, 3.8) is 0 Å². The fourth-order valence-electron chi connectivity index (χ4n) is 1.20. The molecule has 12 heavy (non-hydrogen) atoms. The smallest absolute Gasteiger partial charge is 0.172 e. The number of rotatable bonds is 0. The van der Waals surface area contributed by atoms with E-state index in [2.05, 4.69) is 25.8 Å². The van der Waals surface area contributed by atoms with Gasteiger partial charge in [0, 0.05) is 7.05 Å². The molecule has 1 aromatic rings. The Kier molecular flexibility index (Phi) is 1.92. The maximum absolute atomic E-state index is 5.42. The maximum atomic E-state index is 5.42. The van der Waals surface area contributed by atoms with Crippen LogP contribution >= 0.6 is 15.9 Å². The summed E-state index contributed by atoms with van der Waals surface area (Å²) in [6.07, 6.45) is 0. The summed E-state index contributed by atoms with van der Waals surface area (Å²) in [5.74, 6) is 1.78. The lowest BCUT2D eigenvalue weighted by Gasteiger charge is -2.26. The van der Waals surface area contributed by atoms with Gasteiger partial charge in [0.2, 0.25) is 0 Å². The van der Waals surface area contributed by atoms with E-state index in [-0.39, 0.29) is 0 Å². The monoisotopic (exact) mass is 228 g/mol. The van der Waals surface area contributed by atoms with E-state index >= 15 is 0 Å². The minimum atomic E-state index is 0.743. The van der Waals surface area contributed by atoms with E-state index in [0.29, 0.717) is 0 Å². The summed E-state index contributed by atoms with van der Waals surface area (Å²) < 4.78 is 6.27. The van der Waals surface area contributed by atoms with E-state index in [9.17, 15) is 0 Å². The SMILES string of the molecule is CN1CCOc2ccc(Br)nc21. The minimum Gasteiger partial charge on any atom is -0.488 e. The minimum absolute atomic E-state index is 0.743. The Labute approximate surface area is 79.5 Å². The molecule has 0 fully saturated rings. The van der Waals surface area contributed by atoms with Gasteiger partial charge in [-0.05, 0) is 28.1 Å². The number of hydrogen-bond donors (Lipinski definition) is 0. The molecule has 1 aliphatic rings. The Morgan fingerprint density at radius 3 is 3.25 bits per heavy atom. The van der Waals surface area contributed by atoms with Crippen LogP contribution in [0.5, 0.6) is 5.75 Å². The molecule has 0 bridgehead atoms. The number of hydrogen-bond acceptors (Lipinski definition) is 3. The molecule has 0 unspecified atom stereocenters. The molecule has 2 rings (SSSR count). The quantitative estimate of drug-likeness (QED) is 0.633. The second-order valence-electron chi connectivity index (χ2n) is 2.73. The van der Waals surface area contributed by atoms with E-state index in [1.807, 2.05) is 19.2 Å². The molecule has 4 heteroatoms. The fourth-order valence-corrected chi connectivity index (χ4v) is 1.50. The summed E-state index contributed by atoms with van der Waals surface area (Å²) in [6, 6.07) is 3.82. The van der Waals surface area contributed by atoms with Crippen LogP contribution < -0.4 is 9.64 Å². The Bertz CT molecular complexity index is 303. The van der Waals surface area contributed by atoms with Crippen molar-refractivity contribution >= 4 is 21.7 Å². The molecular formula is C8H9BrN2O. The first-order chi connectivity index (χ1) is 5.77. The molecule has 0 aromatic carbocycles. The van der Waals surface area contributed by atoms with Gasteiger partial charge in [-0.1, -0.05) is 0 Å².